The van der Waals surface area contributed by atoms with Crippen molar-refractivity contribution in [1.82, 2.24) is 0 Å². The summed E-state index contributed by atoms with van der Waals surface area (Å²) in [6, 6.07) is 8.14. The van der Waals surface area contributed by atoms with Crippen LogP contribution in [-0.2, 0) is 10.8 Å². The summed E-state index contributed by atoms with van der Waals surface area (Å²) in [6.07, 6.45) is 1.44. The van der Waals surface area contributed by atoms with Gasteiger partial charge in [0.15, 0.2) is 23.0 Å². The van der Waals surface area contributed by atoms with Gasteiger partial charge in [0.2, 0.25) is 0 Å². The highest BCUT2D eigenvalue weighted by atomic mass is 16.7. The highest BCUT2D eigenvalue weighted by molar-refractivity contribution is 5.57. The van der Waals surface area contributed by atoms with Gasteiger partial charge in [-0.05, 0) is 67.5 Å². The van der Waals surface area contributed by atoms with E-state index in [1.165, 1.54) is 0 Å². The maximum absolute atomic E-state index is 6.86. The van der Waals surface area contributed by atoms with Gasteiger partial charge in [0.25, 0.3) is 5.79 Å². The Morgan fingerprint density at radius 1 is 0.513 bits per heavy atom. The van der Waals surface area contributed by atoms with Crippen molar-refractivity contribution in [3.05, 3.63) is 35.4 Å². The van der Waals surface area contributed by atoms with Gasteiger partial charge in [-0.3, -0.25) is 0 Å². The topological polar surface area (TPSA) is 55.4 Å². The molecule has 1 spiro atoms. The Hall–Kier alpha value is -2.76. The predicted octanol–water partition coefficient (Wildman–Crippen LogP) is 8.35. The van der Waals surface area contributed by atoms with Gasteiger partial charge >= 0.3 is 0 Å². The Labute approximate surface area is 235 Å². The Balaban J connectivity index is 1.80. The van der Waals surface area contributed by atoms with Crippen molar-refractivity contribution in [2.24, 2.45) is 0 Å². The third kappa shape index (κ3) is 6.20. The predicted molar refractivity (Wildman–Crippen MR) is 155 cm³/mol. The first kappa shape index (κ1) is 29.2. The summed E-state index contributed by atoms with van der Waals surface area (Å²) in [6.45, 7) is 25.2. The lowest BCUT2D eigenvalue weighted by Crippen LogP contribution is -2.55. The monoisotopic (exact) mass is 540 g/mol. The molecule has 0 atom stereocenters. The molecule has 0 saturated carbocycles. The molecule has 6 nitrogen and oxygen atoms in total. The van der Waals surface area contributed by atoms with Crippen molar-refractivity contribution in [2.45, 2.75) is 137 Å². The molecule has 0 unspecified atom stereocenters. The zero-order valence-electron chi connectivity index (χ0n) is 26.0. The standard InChI is InChI=1S/C33H48O6/c1-19(2)34-27-13-23-25(15-29(27)36-21(5)6)38-33(17-31(23,9)10)18-32(11,12)24-14-28(35-20(3)4)30(37-22(7)8)16-26(24)39-33/h13-16,19-22H,17-18H2,1-12H3. The quantitative estimate of drug-likeness (QED) is 0.335. The smallest absolute Gasteiger partial charge is 0.252 e. The Kier molecular flexibility index (Phi) is 7.74. The SMILES string of the molecule is CC(C)Oc1cc2c(cc1OC(C)C)C(C)(C)CC1(CC(C)(C)c3cc(OC(C)C)c(OC(C)C)cc3O1)O2. The van der Waals surface area contributed by atoms with Crippen LogP contribution in [0.25, 0.3) is 0 Å². The van der Waals surface area contributed by atoms with E-state index in [4.69, 9.17) is 28.4 Å². The second-order valence-corrected chi connectivity index (χ2v) is 13.5. The fourth-order valence-electron chi connectivity index (χ4n) is 5.86. The Morgan fingerprint density at radius 2 is 0.795 bits per heavy atom. The van der Waals surface area contributed by atoms with Gasteiger partial charge < -0.3 is 28.4 Å². The number of fused-ring (bicyclic) bond motifs is 2. The summed E-state index contributed by atoms with van der Waals surface area (Å²) >= 11 is 0. The minimum Gasteiger partial charge on any atom is -0.487 e. The average Bonchev–Trinajstić information content (AvgIpc) is 2.73. The van der Waals surface area contributed by atoms with Crippen LogP contribution in [0.15, 0.2) is 24.3 Å². The highest BCUT2D eigenvalue weighted by Gasteiger charge is 2.53. The molecular weight excluding hydrogens is 492 g/mol. The molecule has 0 fully saturated rings. The van der Waals surface area contributed by atoms with Crippen molar-refractivity contribution >= 4 is 0 Å². The van der Waals surface area contributed by atoms with Crippen molar-refractivity contribution in [3.63, 3.8) is 0 Å². The molecule has 2 aliphatic heterocycles. The molecule has 2 aliphatic rings. The van der Waals surface area contributed by atoms with Crippen LogP contribution in [0.1, 0.15) is 107 Å². The van der Waals surface area contributed by atoms with E-state index >= 15 is 0 Å². The third-order valence-electron chi connectivity index (χ3n) is 7.02. The molecule has 0 radical (unpaired) electrons. The van der Waals surface area contributed by atoms with Gasteiger partial charge in [-0.1, -0.05) is 27.7 Å². The van der Waals surface area contributed by atoms with Gasteiger partial charge in [0.1, 0.15) is 11.5 Å². The molecule has 6 heteroatoms. The van der Waals surface area contributed by atoms with Crippen LogP contribution in [0.2, 0.25) is 0 Å². The van der Waals surface area contributed by atoms with Gasteiger partial charge in [0, 0.05) is 46.9 Å². The van der Waals surface area contributed by atoms with E-state index in [0.29, 0.717) is 24.3 Å². The molecule has 0 aliphatic carbocycles. The summed E-state index contributed by atoms with van der Waals surface area (Å²) in [5.41, 5.74) is 1.72. The van der Waals surface area contributed by atoms with Gasteiger partial charge in [-0.15, -0.1) is 0 Å². The van der Waals surface area contributed by atoms with Crippen molar-refractivity contribution in [1.29, 1.82) is 0 Å². The van der Waals surface area contributed by atoms with Gasteiger partial charge in [0.05, 0.1) is 24.4 Å². The second-order valence-electron chi connectivity index (χ2n) is 13.5. The fourth-order valence-corrected chi connectivity index (χ4v) is 5.86. The van der Waals surface area contributed by atoms with Crippen molar-refractivity contribution in [2.75, 3.05) is 0 Å². The fraction of sp³-hybridized carbons (Fsp3) is 0.636. The lowest BCUT2D eigenvalue weighted by atomic mass is 9.69. The van der Waals surface area contributed by atoms with Crippen LogP contribution in [0.3, 0.4) is 0 Å². The lowest BCUT2D eigenvalue weighted by molar-refractivity contribution is -0.166. The van der Waals surface area contributed by atoms with Crippen LogP contribution >= 0.6 is 0 Å². The number of hydrogen-bond donors (Lipinski definition) is 0. The molecule has 4 rings (SSSR count). The van der Waals surface area contributed by atoms with Crippen molar-refractivity contribution in [3.8, 4) is 34.5 Å². The first-order valence-corrected chi connectivity index (χ1v) is 14.4. The van der Waals surface area contributed by atoms with Crippen LogP contribution < -0.4 is 28.4 Å². The maximum atomic E-state index is 6.86. The minimum atomic E-state index is -0.849. The second kappa shape index (κ2) is 10.3. The summed E-state index contributed by atoms with van der Waals surface area (Å²) < 4.78 is 38.4. The first-order valence-electron chi connectivity index (χ1n) is 14.4. The molecule has 0 bridgehead atoms. The number of benzene rings is 2. The molecule has 2 heterocycles. The van der Waals surface area contributed by atoms with Crippen LogP contribution in [0.5, 0.6) is 34.5 Å². The first-order chi connectivity index (χ1) is 18.0. The third-order valence-corrected chi connectivity index (χ3v) is 7.02. The summed E-state index contributed by atoms with van der Waals surface area (Å²) in [4.78, 5) is 0. The molecule has 0 aromatic heterocycles. The van der Waals surface area contributed by atoms with Crippen LogP contribution in [0, 0.1) is 0 Å². The number of rotatable bonds is 8. The van der Waals surface area contributed by atoms with E-state index in [-0.39, 0.29) is 35.2 Å². The maximum Gasteiger partial charge on any atom is 0.252 e. The number of hydrogen-bond acceptors (Lipinski definition) is 6. The summed E-state index contributed by atoms with van der Waals surface area (Å²) in [7, 11) is 0. The van der Waals surface area contributed by atoms with E-state index in [1.54, 1.807) is 0 Å². The Bertz CT molecular complexity index is 1100. The molecule has 216 valence electrons. The van der Waals surface area contributed by atoms with Crippen LogP contribution in [-0.4, -0.2) is 30.2 Å². The molecular formula is C33H48O6. The lowest BCUT2D eigenvalue weighted by Gasteiger charge is -2.51. The van der Waals surface area contributed by atoms with Crippen molar-refractivity contribution < 1.29 is 28.4 Å². The summed E-state index contributed by atoms with van der Waals surface area (Å²) in [5, 5.41) is 0. The summed E-state index contributed by atoms with van der Waals surface area (Å²) in [5.74, 6) is 3.55. The largest absolute Gasteiger partial charge is 0.487 e. The Morgan fingerprint density at radius 3 is 1.08 bits per heavy atom. The highest BCUT2D eigenvalue weighted by Crippen LogP contribution is 2.56. The average molecular weight is 541 g/mol. The molecule has 2 aromatic carbocycles. The normalized spacial score (nSPS) is 18.5. The zero-order chi connectivity index (χ0) is 28.9. The van der Waals surface area contributed by atoms with E-state index in [1.807, 2.05) is 67.5 Å². The molecule has 2 aromatic rings. The molecule has 0 N–H and O–H groups in total. The van der Waals surface area contributed by atoms with Gasteiger partial charge in [-0.25, -0.2) is 0 Å². The molecule has 0 amide bonds. The van der Waals surface area contributed by atoms with E-state index < -0.39 is 5.79 Å². The van der Waals surface area contributed by atoms with Crippen LogP contribution in [0.4, 0.5) is 0 Å². The molecule has 39 heavy (non-hydrogen) atoms. The zero-order valence-corrected chi connectivity index (χ0v) is 26.0. The van der Waals surface area contributed by atoms with E-state index in [0.717, 1.165) is 34.1 Å². The van der Waals surface area contributed by atoms with Gasteiger partial charge in [-0.2, -0.15) is 0 Å². The number of ether oxygens (including phenoxy) is 6. The minimum absolute atomic E-state index is 0.00139. The van der Waals surface area contributed by atoms with E-state index in [2.05, 4.69) is 39.8 Å². The van der Waals surface area contributed by atoms with E-state index in [9.17, 15) is 0 Å². The molecule has 0 saturated heterocycles.